The van der Waals surface area contributed by atoms with Gasteiger partial charge < -0.3 is 10.2 Å². The van der Waals surface area contributed by atoms with E-state index >= 15 is 0 Å². The number of aryl methyl sites for hydroxylation is 1. The van der Waals surface area contributed by atoms with Crippen molar-refractivity contribution in [1.82, 2.24) is 9.97 Å². The number of oxazole rings is 1. The molecule has 4 heteroatoms. The van der Waals surface area contributed by atoms with Crippen LogP contribution >= 0.6 is 0 Å². The zero-order valence-electron chi connectivity index (χ0n) is 8.39. The van der Waals surface area contributed by atoms with Gasteiger partial charge in [0.2, 0.25) is 5.89 Å². The van der Waals surface area contributed by atoms with E-state index < -0.39 is 0 Å². The first kappa shape index (κ1) is 9.86. The van der Waals surface area contributed by atoms with Gasteiger partial charge >= 0.3 is 0 Å². The van der Waals surface area contributed by atoms with E-state index in [1.54, 1.807) is 18.7 Å². The van der Waals surface area contributed by atoms with Crippen molar-refractivity contribution in [2.24, 2.45) is 5.73 Å². The van der Waals surface area contributed by atoms with Gasteiger partial charge in [0, 0.05) is 12.4 Å². The van der Waals surface area contributed by atoms with E-state index in [1.165, 1.54) is 0 Å². The van der Waals surface area contributed by atoms with Gasteiger partial charge in [-0.1, -0.05) is 0 Å². The van der Waals surface area contributed by atoms with Gasteiger partial charge in [0.15, 0.2) is 0 Å². The smallest absolute Gasteiger partial charge is 0.227 e. The standard InChI is InChI=1S/C11H13N3O/c12-5-1-4-10-8-15-11(14-10)9-3-2-6-13-7-9/h2-3,6-8H,1,4-5,12H2. The Morgan fingerprint density at radius 1 is 1.40 bits per heavy atom. The van der Waals surface area contributed by atoms with E-state index in [9.17, 15) is 0 Å². The molecule has 0 bridgehead atoms. The maximum absolute atomic E-state index is 5.43. The molecule has 0 amide bonds. The average Bonchev–Trinajstić information content (AvgIpc) is 2.76. The van der Waals surface area contributed by atoms with Crippen molar-refractivity contribution in [3.05, 3.63) is 36.5 Å². The molecular weight excluding hydrogens is 190 g/mol. The summed E-state index contributed by atoms with van der Waals surface area (Å²) in [4.78, 5) is 8.37. The molecule has 15 heavy (non-hydrogen) atoms. The van der Waals surface area contributed by atoms with Crippen LogP contribution < -0.4 is 5.73 Å². The zero-order valence-corrected chi connectivity index (χ0v) is 8.39. The van der Waals surface area contributed by atoms with Gasteiger partial charge in [-0.3, -0.25) is 4.98 Å². The lowest BCUT2D eigenvalue weighted by atomic mass is 10.2. The SMILES string of the molecule is NCCCc1coc(-c2cccnc2)n1. The highest BCUT2D eigenvalue weighted by atomic mass is 16.3. The normalized spacial score (nSPS) is 10.5. The van der Waals surface area contributed by atoms with Crippen molar-refractivity contribution in [3.63, 3.8) is 0 Å². The molecule has 2 N–H and O–H groups in total. The van der Waals surface area contributed by atoms with Crippen molar-refractivity contribution >= 4 is 0 Å². The average molecular weight is 203 g/mol. The van der Waals surface area contributed by atoms with Crippen LogP contribution in [0.2, 0.25) is 0 Å². The molecule has 0 saturated carbocycles. The van der Waals surface area contributed by atoms with E-state index in [1.807, 2.05) is 12.1 Å². The highest BCUT2D eigenvalue weighted by molar-refractivity contribution is 5.50. The van der Waals surface area contributed by atoms with Crippen molar-refractivity contribution in [2.45, 2.75) is 12.8 Å². The summed E-state index contributed by atoms with van der Waals surface area (Å²) in [7, 11) is 0. The second-order valence-electron chi connectivity index (χ2n) is 3.28. The minimum Gasteiger partial charge on any atom is -0.444 e. The number of rotatable bonds is 4. The van der Waals surface area contributed by atoms with Crippen LogP contribution in [0, 0.1) is 0 Å². The molecule has 0 saturated heterocycles. The van der Waals surface area contributed by atoms with Crippen LogP contribution in [-0.4, -0.2) is 16.5 Å². The highest BCUT2D eigenvalue weighted by Crippen LogP contribution is 2.17. The van der Waals surface area contributed by atoms with Gasteiger partial charge in [-0.15, -0.1) is 0 Å². The monoisotopic (exact) mass is 203 g/mol. The molecule has 0 aromatic carbocycles. The van der Waals surface area contributed by atoms with Crippen molar-refractivity contribution in [1.29, 1.82) is 0 Å². The van der Waals surface area contributed by atoms with E-state index in [4.69, 9.17) is 10.2 Å². The van der Waals surface area contributed by atoms with Gasteiger partial charge in [0.05, 0.1) is 11.3 Å². The number of aromatic nitrogens is 2. The highest BCUT2D eigenvalue weighted by Gasteiger charge is 2.05. The molecule has 0 aliphatic heterocycles. The van der Waals surface area contributed by atoms with E-state index in [0.29, 0.717) is 12.4 Å². The molecule has 0 aliphatic rings. The third-order valence-electron chi connectivity index (χ3n) is 2.10. The summed E-state index contributed by atoms with van der Waals surface area (Å²) >= 11 is 0. The first-order chi connectivity index (χ1) is 7.40. The van der Waals surface area contributed by atoms with E-state index in [0.717, 1.165) is 24.1 Å². The Hall–Kier alpha value is -1.68. The summed E-state index contributed by atoms with van der Waals surface area (Å²) in [5.41, 5.74) is 7.27. The summed E-state index contributed by atoms with van der Waals surface area (Å²) in [6, 6.07) is 3.78. The first-order valence-corrected chi connectivity index (χ1v) is 4.95. The molecule has 2 aromatic rings. The van der Waals surface area contributed by atoms with Crippen LogP contribution in [0.15, 0.2) is 35.2 Å². The topological polar surface area (TPSA) is 64.9 Å². The summed E-state index contributed by atoms with van der Waals surface area (Å²) in [6.07, 6.45) is 6.93. The molecule has 0 unspecified atom stereocenters. The Morgan fingerprint density at radius 2 is 2.33 bits per heavy atom. The van der Waals surface area contributed by atoms with Crippen LogP contribution in [-0.2, 0) is 6.42 Å². The molecule has 0 radical (unpaired) electrons. The molecule has 2 aromatic heterocycles. The van der Waals surface area contributed by atoms with Crippen LogP contribution in [0.1, 0.15) is 12.1 Å². The van der Waals surface area contributed by atoms with Gasteiger partial charge in [0.1, 0.15) is 6.26 Å². The second kappa shape index (κ2) is 4.70. The molecule has 0 aliphatic carbocycles. The van der Waals surface area contributed by atoms with Gasteiger partial charge in [0.25, 0.3) is 0 Å². The number of hydrogen-bond donors (Lipinski definition) is 1. The lowest BCUT2D eigenvalue weighted by Gasteiger charge is -1.92. The molecule has 2 rings (SSSR count). The fourth-order valence-electron chi connectivity index (χ4n) is 1.33. The molecule has 4 nitrogen and oxygen atoms in total. The number of nitrogens with zero attached hydrogens (tertiary/aromatic N) is 2. The van der Waals surface area contributed by atoms with Gasteiger partial charge in [-0.2, -0.15) is 0 Å². The predicted octanol–water partition coefficient (Wildman–Crippen LogP) is 1.63. The predicted molar refractivity (Wildman–Crippen MR) is 57.1 cm³/mol. The lowest BCUT2D eigenvalue weighted by molar-refractivity contribution is 0.572. The van der Waals surface area contributed by atoms with Gasteiger partial charge in [-0.25, -0.2) is 4.98 Å². The second-order valence-corrected chi connectivity index (χ2v) is 3.28. The van der Waals surface area contributed by atoms with Crippen LogP contribution in [0.4, 0.5) is 0 Å². The Balaban J connectivity index is 2.14. The summed E-state index contributed by atoms with van der Waals surface area (Å²) < 4.78 is 5.36. The minimum absolute atomic E-state index is 0.620. The maximum Gasteiger partial charge on any atom is 0.227 e. The molecule has 0 atom stereocenters. The fourth-order valence-corrected chi connectivity index (χ4v) is 1.33. The minimum atomic E-state index is 0.620. The van der Waals surface area contributed by atoms with Crippen molar-refractivity contribution in [3.8, 4) is 11.5 Å². The number of pyridine rings is 1. The lowest BCUT2D eigenvalue weighted by Crippen LogP contribution is -2.00. The zero-order chi connectivity index (χ0) is 10.5. The van der Waals surface area contributed by atoms with Gasteiger partial charge in [-0.05, 0) is 31.5 Å². The Bertz CT molecular complexity index is 411. The fraction of sp³-hybridized carbons (Fsp3) is 0.273. The summed E-state index contributed by atoms with van der Waals surface area (Å²) in [6.45, 7) is 0.676. The molecule has 2 heterocycles. The molecule has 0 fully saturated rings. The summed E-state index contributed by atoms with van der Waals surface area (Å²) in [5.74, 6) is 0.620. The first-order valence-electron chi connectivity index (χ1n) is 4.95. The van der Waals surface area contributed by atoms with Crippen LogP contribution in [0.25, 0.3) is 11.5 Å². The number of nitrogens with two attached hydrogens (primary N) is 1. The van der Waals surface area contributed by atoms with Crippen LogP contribution in [0.5, 0.6) is 0 Å². The quantitative estimate of drug-likeness (QED) is 0.820. The Labute approximate surface area is 88.2 Å². The van der Waals surface area contributed by atoms with Crippen molar-refractivity contribution in [2.75, 3.05) is 6.54 Å². The third-order valence-corrected chi connectivity index (χ3v) is 2.10. The maximum atomic E-state index is 5.43. The van der Waals surface area contributed by atoms with Crippen molar-refractivity contribution < 1.29 is 4.42 Å². The largest absolute Gasteiger partial charge is 0.444 e. The van der Waals surface area contributed by atoms with E-state index in [2.05, 4.69) is 9.97 Å². The summed E-state index contributed by atoms with van der Waals surface area (Å²) in [5, 5.41) is 0. The Kier molecular flexibility index (Phi) is 3.09. The Morgan fingerprint density at radius 3 is 3.07 bits per heavy atom. The number of hydrogen-bond acceptors (Lipinski definition) is 4. The molecule has 0 spiro atoms. The van der Waals surface area contributed by atoms with E-state index in [-0.39, 0.29) is 0 Å². The van der Waals surface area contributed by atoms with Crippen LogP contribution in [0.3, 0.4) is 0 Å². The third kappa shape index (κ3) is 2.41. The molecule has 78 valence electrons. The molecular formula is C11H13N3O.